The lowest BCUT2D eigenvalue weighted by atomic mass is 10.1. The molecule has 1 saturated carbocycles. The van der Waals surface area contributed by atoms with Crippen molar-refractivity contribution in [3.05, 3.63) is 68.9 Å². The molecule has 1 fully saturated rings. The van der Waals surface area contributed by atoms with E-state index in [1.807, 2.05) is 17.5 Å². The van der Waals surface area contributed by atoms with E-state index in [1.165, 1.54) is 6.07 Å². The number of carbonyl (C=O) groups excluding carboxylic acids is 1. The van der Waals surface area contributed by atoms with Gasteiger partial charge in [-0.3, -0.25) is 14.9 Å². The lowest BCUT2D eigenvalue weighted by molar-refractivity contribution is -0.384. The highest BCUT2D eigenvalue weighted by molar-refractivity contribution is 7.09. The number of nitrogens with one attached hydrogen (secondary N) is 1. The summed E-state index contributed by atoms with van der Waals surface area (Å²) < 4.78 is 0. The van der Waals surface area contributed by atoms with Crippen molar-refractivity contribution >= 4 is 28.6 Å². The molecule has 7 heteroatoms. The van der Waals surface area contributed by atoms with Crippen LogP contribution < -0.4 is 5.32 Å². The van der Waals surface area contributed by atoms with Crippen LogP contribution in [-0.4, -0.2) is 28.3 Å². The van der Waals surface area contributed by atoms with Crippen LogP contribution in [0.3, 0.4) is 0 Å². The first-order valence-electron chi connectivity index (χ1n) is 8.06. The Labute approximate surface area is 149 Å². The quantitative estimate of drug-likeness (QED) is 0.439. The molecule has 0 atom stereocenters. The first-order chi connectivity index (χ1) is 12.1. The molecule has 0 unspecified atom stereocenters. The fourth-order valence-electron chi connectivity index (χ4n) is 2.53. The molecule has 6 nitrogen and oxygen atoms in total. The minimum atomic E-state index is -0.446. The second-order valence-electron chi connectivity index (χ2n) is 5.96. The number of rotatable bonds is 8. The third-order valence-corrected chi connectivity index (χ3v) is 4.80. The van der Waals surface area contributed by atoms with Crippen molar-refractivity contribution in [2.75, 3.05) is 11.9 Å². The normalized spacial score (nSPS) is 13.3. The molecule has 0 aliphatic heterocycles. The number of amides is 1. The lowest BCUT2D eigenvalue weighted by Crippen LogP contribution is -2.30. The van der Waals surface area contributed by atoms with Crippen molar-refractivity contribution in [1.82, 2.24) is 4.90 Å². The van der Waals surface area contributed by atoms with Gasteiger partial charge in [0.1, 0.15) is 5.69 Å². The minimum absolute atomic E-state index is 0.0626. The molecule has 1 heterocycles. The highest BCUT2D eigenvalue weighted by Gasteiger charge is 2.26. The Bertz CT molecular complexity index is 785. The zero-order valence-corrected chi connectivity index (χ0v) is 14.5. The van der Waals surface area contributed by atoms with Gasteiger partial charge in [0.2, 0.25) is 0 Å². The Hall–Kier alpha value is -2.67. The van der Waals surface area contributed by atoms with Crippen LogP contribution in [0.4, 0.5) is 11.4 Å². The van der Waals surface area contributed by atoms with Gasteiger partial charge in [-0.1, -0.05) is 12.1 Å². The average molecular weight is 357 g/mol. The molecule has 2 aromatic rings. The standard InChI is InChI=1S/C18H19N3O3S/c1-2-9-20(12-15-4-3-10-25-15)18(22)13-5-8-16(19-14-6-7-14)17(11-13)21(23)24/h2-5,8,10-11,14,19H,1,6-7,9,12H2. The molecular formula is C18H19N3O3S. The molecular weight excluding hydrogens is 338 g/mol. The number of hydrogen-bond acceptors (Lipinski definition) is 5. The smallest absolute Gasteiger partial charge is 0.293 e. The van der Waals surface area contributed by atoms with Crippen molar-refractivity contribution in [3.63, 3.8) is 0 Å². The third kappa shape index (κ3) is 4.24. The average Bonchev–Trinajstić information content (AvgIpc) is 3.26. The molecule has 1 aliphatic carbocycles. The first kappa shape index (κ1) is 17.2. The van der Waals surface area contributed by atoms with E-state index in [0.717, 1.165) is 17.7 Å². The van der Waals surface area contributed by atoms with E-state index in [4.69, 9.17) is 0 Å². The summed E-state index contributed by atoms with van der Waals surface area (Å²) in [5.41, 5.74) is 0.719. The van der Waals surface area contributed by atoms with Crippen LogP contribution in [0.15, 0.2) is 48.4 Å². The molecule has 1 amide bonds. The van der Waals surface area contributed by atoms with Crippen LogP contribution in [0.2, 0.25) is 0 Å². The van der Waals surface area contributed by atoms with Gasteiger partial charge in [-0.2, -0.15) is 0 Å². The summed E-state index contributed by atoms with van der Waals surface area (Å²) in [7, 11) is 0. The van der Waals surface area contributed by atoms with Gasteiger partial charge in [0.05, 0.1) is 11.5 Å². The minimum Gasteiger partial charge on any atom is -0.377 e. The van der Waals surface area contributed by atoms with Crippen molar-refractivity contribution in [2.45, 2.75) is 25.4 Å². The second-order valence-corrected chi connectivity index (χ2v) is 6.99. The number of hydrogen-bond donors (Lipinski definition) is 1. The van der Waals surface area contributed by atoms with E-state index in [0.29, 0.717) is 30.4 Å². The van der Waals surface area contributed by atoms with E-state index < -0.39 is 4.92 Å². The second kappa shape index (κ2) is 7.48. The number of benzene rings is 1. The summed E-state index contributed by atoms with van der Waals surface area (Å²) in [6, 6.07) is 8.82. The zero-order valence-electron chi connectivity index (χ0n) is 13.7. The topological polar surface area (TPSA) is 75.5 Å². The predicted molar refractivity (Wildman–Crippen MR) is 99.0 cm³/mol. The number of anilines is 1. The van der Waals surface area contributed by atoms with E-state index in [-0.39, 0.29) is 11.6 Å². The van der Waals surface area contributed by atoms with Crippen LogP contribution in [0, 0.1) is 10.1 Å². The summed E-state index contributed by atoms with van der Waals surface area (Å²) in [6.45, 7) is 4.53. The van der Waals surface area contributed by atoms with Gasteiger partial charge >= 0.3 is 0 Å². The van der Waals surface area contributed by atoms with E-state index in [1.54, 1.807) is 34.4 Å². The van der Waals surface area contributed by atoms with Gasteiger partial charge < -0.3 is 10.2 Å². The van der Waals surface area contributed by atoms with Crippen molar-refractivity contribution in [3.8, 4) is 0 Å². The Kier molecular flexibility index (Phi) is 5.14. The van der Waals surface area contributed by atoms with Gasteiger partial charge in [0, 0.05) is 29.1 Å². The Morgan fingerprint density at radius 1 is 1.44 bits per heavy atom. The Balaban J connectivity index is 1.84. The predicted octanol–water partition coefficient (Wildman–Crippen LogP) is 4.06. The fourth-order valence-corrected chi connectivity index (χ4v) is 3.25. The van der Waals surface area contributed by atoms with Crippen molar-refractivity contribution in [2.24, 2.45) is 0 Å². The van der Waals surface area contributed by atoms with E-state index >= 15 is 0 Å². The van der Waals surface area contributed by atoms with Crippen LogP contribution in [-0.2, 0) is 6.54 Å². The fraction of sp³-hybridized carbons (Fsp3) is 0.278. The highest BCUT2D eigenvalue weighted by Crippen LogP contribution is 2.32. The SMILES string of the molecule is C=CCN(Cc1cccs1)C(=O)c1ccc(NC2CC2)c([N+](=O)[O-])c1. The molecule has 1 N–H and O–H groups in total. The van der Waals surface area contributed by atoms with Gasteiger partial charge in [0.25, 0.3) is 11.6 Å². The summed E-state index contributed by atoms with van der Waals surface area (Å²) in [6.07, 6.45) is 3.69. The van der Waals surface area contributed by atoms with Crippen LogP contribution in [0.25, 0.3) is 0 Å². The number of nitro benzene ring substituents is 1. The van der Waals surface area contributed by atoms with E-state index in [9.17, 15) is 14.9 Å². The summed E-state index contributed by atoms with van der Waals surface area (Å²) in [5.74, 6) is -0.241. The summed E-state index contributed by atoms with van der Waals surface area (Å²) in [4.78, 5) is 26.4. The van der Waals surface area contributed by atoms with Gasteiger partial charge in [-0.05, 0) is 36.4 Å². The number of nitrogens with zero attached hydrogens (tertiary/aromatic N) is 2. The number of carbonyl (C=O) groups is 1. The first-order valence-corrected chi connectivity index (χ1v) is 8.94. The Morgan fingerprint density at radius 2 is 2.24 bits per heavy atom. The molecule has 1 aromatic carbocycles. The largest absolute Gasteiger partial charge is 0.377 e. The zero-order chi connectivity index (χ0) is 17.8. The molecule has 3 rings (SSSR count). The third-order valence-electron chi connectivity index (χ3n) is 3.94. The van der Waals surface area contributed by atoms with E-state index in [2.05, 4.69) is 11.9 Å². The molecule has 0 spiro atoms. The summed E-state index contributed by atoms with van der Waals surface area (Å²) >= 11 is 1.57. The molecule has 0 bridgehead atoms. The van der Waals surface area contributed by atoms with Crippen LogP contribution in [0.1, 0.15) is 28.1 Å². The lowest BCUT2D eigenvalue weighted by Gasteiger charge is -2.20. The number of thiophene rings is 1. The highest BCUT2D eigenvalue weighted by atomic mass is 32.1. The maximum atomic E-state index is 12.8. The van der Waals surface area contributed by atoms with Crippen LogP contribution in [0.5, 0.6) is 0 Å². The number of nitro groups is 1. The molecule has 25 heavy (non-hydrogen) atoms. The van der Waals surface area contributed by atoms with Gasteiger partial charge in [-0.15, -0.1) is 17.9 Å². The maximum absolute atomic E-state index is 12.8. The summed E-state index contributed by atoms with van der Waals surface area (Å²) in [5, 5.41) is 16.5. The Morgan fingerprint density at radius 3 is 2.84 bits per heavy atom. The van der Waals surface area contributed by atoms with Gasteiger partial charge in [0.15, 0.2) is 0 Å². The van der Waals surface area contributed by atoms with Gasteiger partial charge in [-0.25, -0.2) is 0 Å². The van der Waals surface area contributed by atoms with Crippen LogP contribution >= 0.6 is 11.3 Å². The molecule has 1 aliphatic rings. The molecule has 0 saturated heterocycles. The molecule has 0 radical (unpaired) electrons. The van der Waals surface area contributed by atoms with Crippen molar-refractivity contribution < 1.29 is 9.72 Å². The molecule has 1 aromatic heterocycles. The van der Waals surface area contributed by atoms with Crippen molar-refractivity contribution in [1.29, 1.82) is 0 Å². The molecule has 130 valence electrons. The maximum Gasteiger partial charge on any atom is 0.293 e. The monoisotopic (exact) mass is 357 g/mol.